The summed E-state index contributed by atoms with van der Waals surface area (Å²) in [5, 5.41) is 0. The Morgan fingerprint density at radius 1 is 1.55 bits per heavy atom. The maximum atomic E-state index is 11.0. The predicted octanol–water partition coefficient (Wildman–Crippen LogP) is 1.77. The van der Waals surface area contributed by atoms with Gasteiger partial charge in [0, 0.05) is 16.4 Å². The summed E-state index contributed by atoms with van der Waals surface area (Å²) in [5.74, 6) is 0. The number of nitrogen functional groups attached to an aromatic ring is 1. The van der Waals surface area contributed by atoms with Gasteiger partial charge in [0.1, 0.15) is 0 Å². The fourth-order valence-corrected chi connectivity index (χ4v) is 2.42. The number of nitrogens with two attached hydrogens (primary N) is 1. The van der Waals surface area contributed by atoms with E-state index < -0.39 is 10.8 Å². The first kappa shape index (κ1) is 8.74. The van der Waals surface area contributed by atoms with E-state index in [-0.39, 0.29) is 0 Å². The zero-order valence-corrected chi connectivity index (χ0v) is 8.41. The first-order valence-corrected chi connectivity index (χ1v) is 5.35. The van der Waals surface area contributed by atoms with Gasteiger partial charge in [-0.3, -0.25) is 4.21 Å². The number of hydrogen-bond acceptors (Lipinski definition) is 2. The Morgan fingerprint density at radius 2 is 2.18 bits per heavy atom. The summed E-state index contributed by atoms with van der Waals surface area (Å²) in [5.41, 5.74) is 6.17. The first-order chi connectivity index (χ1) is 5.11. The molecule has 1 aromatic carbocycles. The van der Waals surface area contributed by atoms with Crippen LogP contribution in [0.2, 0.25) is 0 Å². The molecule has 0 saturated carbocycles. The summed E-state index contributed by atoms with van der Waals surface area (Å²) in [7, 11) is -0.951. The minimum atomic E-state index is -0.951. The molecular formula is C7H8BrNOS. The summed E-state index contributed by atoms with van der Waals surface area (Å²) in [4.78, 5) is 0.777. The molecule has 1 rings (SSSR count). The molecule has 0 aromatic heterocycles. The molecule has 60 valence electrons. The summed E-state index contributed by atoms with van der Waals surface area (Å²) < 4.78 is 11.8. The van der Waals surface area contributed by atoms with Crippen molar-refractivity contribution in [2.24, 2.45) is 0 Å². The third kappa shape index (κ3) is 2.04. The second-order valence-corrected chi connectivity index (χ2v) is 4.35. The average Bonchev–Trinajstić information content (AvgIpc) is 1.85. The zero-order valence-electron chi connectivity index (χ0n) is 6.00. The highest BCUT2D eigenvalue weighted by Crippen LogP contribution is 2.21. The Balaban J connectivity index is 3.20. The minimum Gasteiger partial charge on any atom is -0.399 e. The van der Waals surface area contributed by atoms with E-state index in [0.717, 1.165) is 9.37 Å². The van der Waals surface area contributed by atoms with Crippen LogP contribution in [0.15, 0.2) is 27.6 Å². The van der Waals surface area contributed by atoms with Crippen LogP contribution in [0.4, 0.5) is 5.69 Å². The predicted molar refractivity (Wildman–Crippen MR) is 50.9 cm³/mol. The van der Waals surface area contributed by atoms with Gasteiger partial charge in [-0.25, -0.2) is 0 Å². The highest BCUT2D eigenvalue weighted by molar-refractivity contribution is 9.10. The fourth-order valence-electron chi connectivity index (χ4n) is 0.750. The van der Waals surface area contributed by atoms with E-state index >= 15 is 0 Å². The van der Waals surface area contributed by atoms with Crippen molar-refractivity contribution in [3.05, 3.63) is 22.7 Å². The standard InChI is InChI=1S/C7H8BrNOS/c1-11(10)7-3-2-5(9)4-6(7)8/h2-4H,9H2,1H3. The zero-order chi connectivity index (χ0) is 8.43. The van der Waals surface area contributed by atoms with Crippen molar-refractivity contribution in [2.75, 3.05) is 12.0 Å². The fraction of sp³-hybridized carbons (Fsp3) is 0.143. The summed E-state index contributed by atoms with van der Waals surface area (Å²) in [6.45, 7) is 0. The summed E-state index contributed by atoms with van der Waals surface area (Å²) in [6.07, 6.45) is 1.64. The Hall–Kier alpha value is -0.350. The van der Waals surface area contributed by atoms with Crippen LogP contribution < -0.4 is 5.73 Å². The van der Waals surface area contributed by atoms with E-state index in [1.54, 1.807) is 24.5 Å². The number of anilines is 1. The van der Waals surface area contributed by atoms with Crippen molar-refractivity contribution in [3.63, 3.8) is 0 Å². The Bertz CT molecular complexity index is 300. The Labute approximate surface area is 76.4 Å². The third-order valence-corrected chi connectivity index (χ3v) is 3.16. The maximum absolute atomic E-state index is 11.0. The van der Waals surface area contributed by atoms with Crippen molar-refractivity contribution < 1.29 is 4.21 Å². The molecule has 11 heavy (non-hydrogen) atoms. The largest absolute Gasteiger partial charge is 0.399 e. The van der Waals surface area contributed by atoms with Gasteiger partial charge in [0.15, 0.2) is 0 Å². The van der Waals surface area contributed by atoms with E-state index in [2.05, 4.69) is 15.9 Å². The molecule has 0 aliphatic heterocycles. The average molecular weight is 234 g/mol. The molecule has 0 saturated heterocycles. The van der Waals surface area contributed by atoms with Crippen LogP contribution in [0.5, 0.6) is 0 Å². The monoisotopic (exact) mass is 233 g/mol. The lowest BCUT2D eigenvalue weighted by Gasteiger charge is -2.00. The lowest BCUT2D eigenvalue weighted by molar-refractivity contribution is 0.686. The molecule has 4 heteroatoms. The van der Waals surface area contributed by atoms with Gasteiger partial charge >= 0.3 is 0 Å². The quantitative estimate of drug-likeness (QED) is 0.752. The molecule has 0 bridgehead atoms. The molecule has 1 unspecified atom stereocenters. The van der Waals surface area contributed by atoms with Gasteiger partial charge in [0.2, 0.25) is 0 Å². The topological polar surface area (TPSA) is 43.1 Å². The van der Waals surface area contributed by atoms with Crippen LogP contribution in [-0.4, -0.2) is 10.5 Å². The molecule has 0 fully saturated rings. The van der Waals surface area contributed by atoms with E-state index in [4.69, 9.17) is 5.73 Å². The van der Waals surface area contributed by atoms with Crippen molar-refractivity contribution in [2.45, 2.75) is 4.90 Å². The van der Waals surface area contributed by atoms with E-state index in [1.807, 2.05) is 0 Å². The van der Waals surface area contributed by atoms with Gasteiger partial charge in [0.25, 0.3) is 0 Å². The second kappa shape index (κ2) is 3.36. The SMILES string of the molecule is CS(=O)c1ccc(N)cc1Br. The van der Waals surface area contributed by atoms with Gasteiger partial charge in [0.05, 0.1) is 15.7 Å². The molecule has 0 aliphatic carbocycles. The van der Waals surface area contributed by atoms with Gasteiger partial charge in [-0.1, -0.05) is 0 Å². The highest BCUT2D eigenvalue weighted by atomic mass is 79.9. The molecule has 0 amide bonds. The minimum absolute atomic E-state index is 0.672. The van der Waals surface area contributed by atoms with E-state index in [0.29, 0.717) is 5.69 Å². The van der Waals surface area contributed by atoms with Crippen LogP contribution in [0.25, 0.3) is 0 Å². The van der Waals surface area contributed by atoms with Crippen LogP contribution in [0.3, 0.4) is 0 Å². The molecule has 2 nitrogen and oxygen atoms in total. The first-order valence-electron chi connectivity index (χ1n) is 2.99. The normalized spacial score (nSPS) is 12.9. The van der Waals surface area contributed by atoms with Crippen molar-refractivity contribution in [1.82, 2.24) is 0 Å². The molecule has 1 aromatic rings. The van der Waals surface area contributed by atoms with Gasteiger partial charge in [-0.2, -0.15) is 0 Å². The smallest absolute Gasteiger partial charge is 0.0528 e. The number of halogens is 1. The van der Waals surface area contributed by atoms with E-state index in [9.17, 15) is 4.21 Å². The van der Waals surface area contributed by atoms with Crippen LogP contribution in [0, 0.1) is 0 Å². The molecule has 2 N–H and O–H groups in total. The lowest BCUT2D eigenvalue weighted by Crippen LogP contribution is -1.91. The van der Waals surface area contributed by atoms with Crippen LogP contribution in [-0.2, 0) is 10.8 Å². The number of benzene rings is 1. The number of rotatable bonds is 1. The molecule has 0 aliphatic rings. The number of hydrogen-bond donors (Lipinski definition) is 1. The summed E-state index contributed by atoms with van der Waals surface area (Å²) >= 11 is 3.27. The molecule has 1 atom stereocenters. The van der Waals surface area contributed by atoms with Crippen molar-refractivity contribution in [3.8, 4) is 0 Å². The molecule has 0 heterocycles. The molecule has 0 spiro atoms. The maximum Gasteiger partial charge on any atom is 0.0528 e. The van der Waals surface area contributed by atoms with E-state index in [1.165, 1.54) is 0 Å². The third-order valence-electron chi connectivity index (χ3n) is 1.27. The Kier molecular flexibility index (Phi) is 2.67. The highest BCUT2D eigenvalue weighted by Gasteiger charge is 2.02. The van der Waals surface area contributed by atoms with Crippen LogP contribution in [0.1, 0.15) is 0 Å². The van der Waals surface area contributed by atoms with Gasteiger partial charge in [-0.05, 0) is 34.1 Å². The lowest BCUT2D eigenvalue weighted by atomic mass is 10.3. The van der Waals surface area contributed by atoms with Crippen molar-refractivity contribution >= 4 is 32.4 Å². The van der Waals surface area contributed by atoms with Crippen molar-refractivity contribution in [1.29, 1.82) is 0 Å². The van der Waals surface area contributed by atoms with Crippen LogP contribution >= 0.6 is 15.9 Å². The van der Waals surface area contributed by atoms with Gasteiger partial charge in [-0.15, -0.1) is 0 Å². The van der Waals surface area contributed by atoms with Gasteiger partial charge < -0.3 is 5.73 Å². The molecule has 0 radical (unpaired) electrons. The Morgan fingerprint density at radius 3 is 2.64 bits per heavy atom. The molecular weight excluding hydrogens is 226 g/mol. The second-order valence-electron chi connectivity index (χ2n) is 2.14. The summed E-state index contributed by atoms with van der Waals surface area (Å²) in [6, 6.07) is 5.24.